The molecule has 5 rings (SSSR count). The normalized spacial score (nSPS) is 20.1. The summed E-state index contributed by atoms with van der Waals surface area (Å²) in [5.74, 6) is 0.693. The van der Waals surface area contributed by atoms with Crippen molar-refractivity contribution in [2.45, 2.75) is 38.2 Å². The lowest BCUT2D eigenvalue weighted by atomic mass is 9.74. The van der Waals surface area contributed by atoms with E-state index in [1.54, 1.807) is 13.4 Å². The van der Waals surface area contributed by atoms with Gasteiger partial charge >= 0.3 is 5.97 Å². The Morgan fingerprint density at radius 1 is 1.15 bits per heavy atom. The first-order valence-corrected chi connectivity index (χ1v) is 12.0. The Bertz CT molecular complexity index is 1250. The van der Waals surface area contributed by atoms with Crippen LogP contribution in [0.15, 0.2) is 87.1 Å². The number of benzene rings is 1. The van der Waals surface area contributed by atoms with E-state index >= 15 is 0 Å². The fraction of sp³-hybridized carbons (Fsp3) is 0.259. The smallest absolute Gasteiger partial charge is 0.337 e. The molecule has 0 radical (unpaired) electrons. The van der Waals surface area contributed by atoms with Gasteiger partial charge in [-0.2, -0.15) is 0 Å². The Morgan fingerprint density at radius 3 is 2.65 bits per heavy atom. The number of furan rings is 1. The summed E-state index contributed by atoms with van der Waals surface area (Å²) in [7, 11) is 1.61. The second-order valence-corrected chi connectivity index (χ2v) is 9.45. The summed E-state index contributed by atoms with van der Waals surface area (Å²) in [5, 5.41) is 5.33. The molecule has 1 aromatic carbocycles. The van der Waals surface area contributed by atoms with Crippen molar-refractivity contribution < 1.29 is 23.5 Å². The van der Waals surface area contributed by atoms with Crippen LogP contribution in [-0.2, 0) is 20.9 Å². The molecule has 0 bridgehead atoms. The van der Waals surface area contributed by atoms with Crippen molar-refractivity contribution in [1.82, 2.24) is 5.32 Å². The number of esters is 1. The quantitative estimate of drug-likeness (QED) is 0.478. The van der Waals surface area contributed by atoms with Gasteiger partial charge in [0.1, 0.15) is 18.1 Å². The molecule has 0 spiro atoms. The fourth-order valence-corrected chi connectivity index (χ4v) is 5.57. The van der Waals surface area contributed by atoms with Crippen LogP contribution in [0.4, 0.5) is 0 Å². The molecule has 1 N–H and O–H groups in total. The molecular weight excluding hydrogens is 450 g/mol. The Hall–Kier alpha value is -3.58. The number of rotatable bonds is 6. The second kappa shape index (κ2) is 9.35. The number of ether oxygens (including phenoxy) is 2. The summed E-state index contributed by atoms with van der Waals surface area (Å²) >= 11 is 1.54. The number of carbonyl (C=O) groups is 2. The zero-order valence-electron chi connectivity index (χ0n) is 19.0. The number of hydrogen-bond donors (Lipinski definition) is 1. The molecule has 2 aromatic heterocycles. The van der Waals surface area contributed by atoms with Crippen molar-refractivity contribution >= 4 is 23.1 Å². The third-order valence-corrected chi connectivity index (χ3v) is 7.29. The van der Waals surface area contributed by atoms with Crippen LogP contribution in [0.1, 0.15) is 47.8 Å². The molecule has 0 saturated carbocycles. The molecule has 0 amide bonds. The Balaban J connectivity index is 1.43. The summed E-state index contributed by atoms with van der Waals surface area (Å²) in [6.45, 7) is 2.01. The van der Waals surface area contributed by atoms with Crippen LogP contribution in [0.25, 0.3) is 0 Å². The van der Waals surface area contributed by atoms with E-state index in [2.05, 4.69) is 5.32 Å². The lowest BCUT2D eigenvalue weighted by molar-refractivity contribution is -0.140. The zero-order valence-corrected chi connectivity index (χ0v) is 19.8. The molecule has 0 unspecified atom stereocenters. The van der Waals surface area contributed by atoms with E-state index in [0.717, 1.165) is 27.6 Å². The summed E-state index contributed by atoms with van der Waals surface area (Å²) in [6.07, 6.45) is 2.64. The molecule has 34 heavy (non-hydrogen) atoms. The number of nitrogens with one attached hydrogen (secondary N) is 1. The van der Waals surface area contributed by atoms with E-state index in [0.29, 0.717) is 29.7 Å². The first kappa shape index (κ1) is 22.2. The number of thiophene rings is 1. The second-order valence-electron chi connectivity index (χ2n) is 8.47. The van der Waals surface area contributed by atoms with Crippen LogP contribution in [0.2, 0.25) is 0 Å². The van der Waals surface area contributed by atoms with Gasteiger partial charge in [0.05, 0.1) is 24.9 Å². The highest BCUT2D eigenvalue weighted by Crippen LogP contribution is 2.46. The van der Waals surface area contributed by atoms with E-state index in [4.69, 9.17) is 13.9 Å². The molecule has 0 fully saturated rings. The molecule has 2 atom stereocenters. The number of allylic oxidation sites excluding steroid dienone is 3. The van der Waals surface area contributed by atoms with Gasteiger partial charge < -0.3 is 19.2 Å². The van der Waals surface area contributed by atoms with E-state index < -0.39 is 11.9 Å². The minimum absolute atomic E-state index is 0.0193. The lowest BCUT2D eigenvalue weighted by Crippen LogP contribution is -2.35. The van der Waals surface area contributed by atoms with Crippen LogP contribution >= 0.6 is 11.3 Å². The molecule has 3 aromatic rings. The number of hydrogen-bond acceptors (Lipinski definition) is 7. The van der Waals surface area contributed by atoms with Crippen molar-refractivity contribution in [3.8, 4) is 5.75 Å². The van der Waals surface area contributed by atoms with Crippen molar-refractivity contribution in [1.29, 1.82) is 0 Å². The van der Waals surface area contributed by atoms with Gasteiger partial charge in [-0.25, -0.2) is 4.79 Å². The summed E-state index contributed by atoms with van der Waals surface area (Å²) in [5.41, 5.74) is 3.58. The van der Waals surface area contributed by atoms with Crippen LogP contribution in [0.3, 0.4) is 0 Å². The summed E-state index contributed by atoms with van der Waals surface area (Å²) < 4.78 is 16.5. The number of Topliss-reactive ketones (excluding diaryl/α,β-unsaturated/α-hetero) is 1. The first-order chi connectivity index (χ1) is 16.5. The number of dihydropyridines is 1. The van der Waals surface area contributed by atoms with Gasteiger partial charge in [-0.05, 0) is 54.6 Å². The van der Waals surface area contributed by atoms with E-state index in [-0.39, 0.29) is 18.3 Å². The van der Waals surface area contributed by atoms with Gasteiger partial charge in [0.15, 0.2) is 5.78 Å². The lowest BCUT2D eigenvalue weighted by Gasteiger charge is -2.35. The maximum atomic E-state index is 13.4. The largest absolute Gasteiger partial charge is 0.497 e. The average molecular weight is 476 g/mol. The van der Waals surface area contributed by atoms with Gasteiger partial charge in [0.2, 0.25) is 0 Å². The standard InChI is InChI=1S/C27H25NO5S/c1-16-24(27(30)33-15-17-7-9-19(31-2)10-8-17)26(23-6-4-12-34-23)25-20(28-16)13-18(14-21(25)29)22-5-3-11-32-22/h3-12,18,26,28H,13-15H2,1-2H3/t18-,26-/m0/s1. The third kappa shape index (κ3) is 4.19. The van der Waals surface area contributed by atoms with E-state index in [9.17, 15) is 9.59 Å². The van der Waals surface area contributed by atoms with E-state index in [1.165, 1.54) is 11.3 Å². The minimum atomic E-state index is -0.440. The minimum Gasteiger partial charge on any atom is -0.497 e. The summed E-state index contributed by atoms with van der Waals surface area (Å²) in [4.78, 5) is 27.7. The number of carbonyl (C=O) groups excluding carboxylic acids is 2. The summed E-state index contributed by atoms with van der Waals surface area (Å²) in [6, 6.07) is 15.1. The zero-order chi connectivity index (χ0) is 23.7. The highest BCUT2D eigenvalue weighted by molar-refractivity contribution is 7.10. The first-order valence-electron chi connectivity index (χ1n) is 11.2. The fourth-order valence-electron chi connectivity index (χ4n) is 4.72. The average Bonchev–Trinajstić information content (AvgIpc) is 3.56. The molecule has 3 heterocycles. The van der Waals surface area contributed by atoms with Gasteiger partial charge in [-0.15, -0.1) is 11.3 Å². The maximum Gasteiger partial charge on any atom is 0.337 e. The molecule has 2 aliphatic rings. The SMILES string of the molecule is COc1ccc(COC(=O)C2=C(C)NC3=C(C(=O)C[C@@H](c4ccco4)C3)[C@H]2c2cccs2)cc1. The Labute approximate surface area is 201 Å². The van der Waals surface area contributed by atoms with Crippen molar-refractivity contribution in [2.24, 2.45) is 0 Å². The molecule has 0 saturated heterocycles. The van der Waals surface area contributed by atoms with E-state index in [1.807, 2.05) is 60.8 Å². The Kier molecular flexibility index (Phi) is 6.11. The van der Waals surface area contributed by atoms with Gasteiger partial charge in [-0.1, -0.05) is 18.2 Å². The Morgan fingerprint density at radius 2 is 1.97 bits per heavy atom. The molecule has 7 heteroatoms. The van der Waals surface area contributed by atoms with Crippen molar-refractivity contribution in [3.63, 3.8) is 0 Å². The third-order valence-electron chi connectivity index (χ3n) is 6.35. The maximum absolute atomic E-state index is 13.4. The van der Waals surface area contributed by atoms with Crippen molar-refractivity contribution in [3.05, 3.63) is 98.9 Å². The number of methoxy groups -OCH3 is 1. The number of ketones is 1. The molecule has 174 valence electrons. The highest BCUT2D eigenvalue weighted by Gasteiger charge is 2.42. The van der Waals surface area contributed by atoms with Gasteiger partial charge in [-0.3, -0.25) is 4.79 Å². The monoisotopic (exact) mass is 475 g/mol. The predicted molar refractivity (Wildman–Crippen MR) is 128 cm³/mol. The predicted octanol–water partition coefficient (Wildman–Crippen LogP) is 5.45. The molecule has 6 nitrogen and oxygen atoms in total. The molecule has 1 aliphatic carbocycles. The van der Waals surface area contributed by atoms with Gasteiger partial charge in [0.25, 0.3) is 0 Å². The van der Waals surface area contributed by atoms with Crippen LogP contribution in [0.5, 0.6) is 5.75 Å². The van der Waals surface area contributed by atoms with Gasteiger partial charge in [0, 0.05) is 34.2 Å². The highest BCUT2D eigenvalue weighted by atomic mass is 32.1. The van der Waals surface area contributed by atoms with Crippen LogP contribution in [-0.4, -0.2) is 18.9 Å². The topological polar surface area (TPSA) is 77.8 Å². The van der Waals surface area contributed by atoms with Crippen LogP contribution < -0.4 is 10.1 Å². The van der Waals surface area contributed by atoms with Crippen molar-refractivity contribution in [2.75, 3.05) is 7.11 Å². The molecule has 1 aliphatic heterocycles. The molecular formula is C27H25NO5S. The van der Waals surface area contributed by atoms with Crippen LogP contribution in [0, 0.1) is 0 Å².